The van der Waals surface area contributed by atoms with E-state index in [0.717, 1.165) is 34.9 Å². The first-order chi connectivity index (χ1) is 16.8. The monoisotopic (exact) mass is 497 g/mol. The van der Waals surface area contributed by atoms with Gasteiger partial charge in [0.2, 0.25) is 11.5 Å². The Kier molecular flexibility index (Phi) is 5.70. The highest BCUT2D eigenvalue weighted by Crippen LogP contribution is 2.32. The van der Waals surface area contributed by atoms with Crippen LogP contribution in [0.25, 0.3) is 16.7 Å². The van der Waals surface area contributed by atoms with Crippen LogP contribution in [0.15, 0.2) is 72.9 Å². The van der Waals surface area contributed by atoms with Gasteiger partial charge in [0, 0.05) is 17.1 Å². The van der Waals surface area contributed by atoms with Crippen LogP contribution in [0.4, 0.5) is 17.6 Å². The van der Waals surface area contributed by atoms with E-state index in [1.807, 2.05) is 0 Å². The van der Waals surface area contributed by atoms with Crippen molar-refractivity contribution >= 4 is 28.4 Å². The lowest BCUT2D eigenvalue weighted by atomic mass is 10.1. The molecule has 0 aliphatic rings. The van der Waals surface area contributed by atoms with Crippen LogP contribution in [-0.2, 0) is 0 Å². The second-order valence-corrected chi connectivity index (χ2v) is 7.74. The first-order valence-electron chi connectivity index (χ1n) is 10.1. The minimum atomic E-state index is -1.00. The summed E-state index contributed by atoms with van der Waals surface area (Å²) in [6, 6.07) is 13.3. The Balaban J connectivity index is 1.75. The number of halogens is 5. The standard InChI is InChI=1S/C25H12ClF4N3O2/c26-15-6-2-1-5-14(15)22(34)20-11-13-12-31-25(35-23-18(29)9-4-10-19(23)30)32-24(13)33(20)21-16(27)7-3-8-17(21)28/h1-12H. The summed E-state index contributed by atoms with van der Waals surface area (Å²) in [4.78, 5) is 21.4. The number of nitrogens with zero attached hydrogens (tertiary/aromatic N) is 3. The van der Waals surface area contributed by atoms with E-state index in [1.54, 1.807) is 12.1 Å². The molecular weight excluding hydrogens is 486 g/mol. The van der Waals surface area contributed by atoms with E-state index in [1.165, 1.54) is 30.5 Å². The maximum Gasteiger partial charge on any atom is 0.324 e. The fourth-order valence-corrected chi connectivity index (χ4v) is 3.79. The molecule has 2 aromatic heterocycles. The predicted molar refractivity (Wildman–Crippen MR) is 120 cm³/mol. The summed E-state index contributed by atoms with van der Waals surface area (Å²) in [5.74, 6) is -5.35. The van der Waals surface area contributed by atoms with Crippen LogP contribution >= 0.6 is 11.6 Å². The molecule has 0 atom stereocenters. The molecule has 0 amide bonds. The summed E-state index contributed by atoms with van der Waals surface area (Å²) >= 11 is 6.18. The summed E-state index contributed by atoms with van der Waals surface area (Å²) < 4.78 is 64.0. The Labute approximate surface area is 200 Å². The van der Waals surface area contributed by atoms with E-state index in [2.05, 4.69) is 9.97 Å². The predicted octanol–water partition coefficient (Wildman–Crippen LogP) is 6.65. The zero-order valence-electron chi connectivity index (χ0n) is 17.5. The van der Waals surface area contributed by atoms with E-state index in [4.69, 9.17) is 16.3 Å². The van der Waals surface area contributed by atoms with E-state index in [-0.39, 0.29) is 27.3 Å². The van der Waals surface area contributed by atoms with E-state index >= 15 is 0 Å². The maximum absolute atomic E-state index is 14.8. The highest BCUT2D eigenvalue weighted by atomic mass is 35.5. The van der Waals surface area contributed by atoms with Gasteiger partial charge in [-0.15, -0.1) is 0 Å². The van der Waals surface area contributed by atoms with Crippen LogP contribution in [0, 0.1) is 23.3 Å². The lowest BCUT2D eigenvalue weighted by molar-refractivity contribution is 0.103. The van der Waals surface area contributed by atoms with Gasteiger partial charge in [0.1, 0.15) is 17.3 Å². The summed E-state index contributed by atoms with van der Waals surface area (Å²) in [6.07, 6.45) is 1.20. The minimum absolute atomic E-state index is 0.0906. The molecule has 5 nitrogen and oxygen atoms in total. The fourth-order valence-electron chi connectivity index (χ4n) is 3.57. The fraction of sp³-hybridized carbons (Fsp3) is 0. The van der Waals surface area contributed by atoms with Gasteiger partial charge in [-0.2, -0.15) is 4.98 Å². The number of fused-ring (bicyclic) bond motifs is 1. The summed E-state index contributed by atoms with van der Waals surface area (Å²) in [6.45, 7) is 0. The Hall–Kier alpha value is -4.24. The first kappa shape index (κ1) is 22.5. The minimum Gasteiger partial charge on any atom is -0.418 e. The average molecular weight is 498 g/mol. The number of hydrogen-bond acceptors (Lipinski definition) is 4. The van der Waals surface area contributed by atoms with Gasteiger partial charge in [-0.1, -0.05) is 35.9 Å². The van der Waals surface area contributed by atoms with E-state index in [9.17, 15) is 22.4 Å². The van der Waals surface area contributed by atoms with E-state index in [0.29, 0.717) is 0 Å². The van der Waals surface area contributed by atoms with Crippen molar-refractivity contribution in [2.75, 3.05) is 0 Å². The second kappa shape index (κ2) is 8.84. The molecule has 0 saturated carbocycles. The molecule has 0 N–H and O–H groups in total. The molecule has 5 rings (SSSR count). The van der Waals surface area contributed by atoms with Crippen LogP contribution < -0.4 is 4.74 Å². The molecule has 0 saturated heterocycles. The molecule has 35 heavy (non-hydrogen) atoms. The Morgan fingerprint density at radius 3 is 2.14 bits per heavy atom. The Morgan fingerprint density at radius 2 is 1.49 bits per heavy atom. The van der Waals surface area contributed by atoms with Gasteiger partial charge >= 0.3 is 6.01 Å². The van der Waals surface area contributed by atoms with E-state index < -0.39 is 46.5 Å². The first-order valence-corrected chi connectivity index (χ1v) is 10.5. The highest BCUT2D eigenvalue weighted by molar-refractivity contribution is 6.35. The summed E-state index contributed by atoms with van der Waals surface area (Å²) in [7, 11) is 0. The smallest absolute Gasteiger partial charge is 0.324 e. The number of rotatable bonds is 5. The van der Waals surface area contributed by atoms with Crippen LogP contribution in [0.1, 0.15) is 16.1 Å². The quantitative estimate of drug-likeness (QED) is 0.201. The van der Waals surface area contributed by atoms with Crippen molar-refractivity contribution in [1.29, 1.82) is 0 Å². The zero-order valence-corrected chi connectivity index (χ0v) is 18.2. The third-order valence-electron chi connectivity index (χ3n) is 5.14. The van der Waals surface area contributed by atoms with Crippen molar-refractivity contribution in [1.82, 2.24) is 14.5 Å². The number of benzene rings is 3. The summed E-state index contributed by atoms with van der Waals surface area (Å²) in [5.41, 5.74) is -0.792. The third-order valence-corrected chi connectivity index (χ3v) is 5.47. The number of carbonyl (C=O) groups excluding carboxylic acids is 1. The second-order valence-electron chi connectivity index (χ2n) is 7.33. The van der Waals surface area contributed by atoms with Crippen molar-refractivity contribution in [2.24, 2.45) is 0 Å². The molecular formula is C25H12ClF4N3O2. The molecule has 0 unspecified atom stereocenters. The number of carbonyl (C=O) groups is 1. The van der Waals surface area contributed by atoms with Gasteiger partial charge in [0.25, 0.3) is 0 Å². The van der Waals surface area contributed by atoms with Gasteiger partial charge < -0.3 is 4.74 Å². The SMILES string of the molecule is O=C(c1ccccc1Cl)c1cc2cnc(Oc3c(F)cccc3F)nc2n1-c1c(F)cccc1F. The molecule has 0 fully saturated rings. The normalized spacial score (nSPS) is 11.1. The Bertz CT molecular complexity index is 1580. The molecule has 0 radical (unpaired) electrons. The van der Waals surface area contributed by atoms with Gasteiger partial charge in [-0.3, -0.25) is 9.36 Å². The largest absolute Gasteiger partial charge is 0.418 e. The topological polar surface area (TPSA) is 57.0 Å². The van der Waals surface area contributed by atoms with Crippen LogP contribution in [0.3, 0.4) is 0 Å². The number of ketones is 1. The molecule has 0 aliphatic heterocycles. The lowest BCUT2D eigenvalue weighted by Crippen LogP contribution is -2.12. The highest BCUT2D eigenvalue weighted by Gasteiger charge is 2.25. The third kappa shape index (κ3) is 4.00. The van der Waals surface area contributed by atoms with Crippen molar-refractivity contribution < 1.29 is 27.1 Å². The van der Waals surface area contributed by atoms with Crippen molar-refractivity contribution in [2.45, 2.75) is 0 Å². The van der Waals surface area contributed by atoms with Crippen molar-refractivity contribution in [3.05, 3.63) is 112 Å². The molecule has 0 aliphatic carbocycles. The molecule has 174 valence electrons. The van der Waals surface area contributed by atoms with Crippen LogP contribution in [-0.4, -0.2) is 20.3 Å². The molecule has 5 aromatic rings. The van der Waals surface area contributed by atoms with Gasteiger partial charge in [0.05, 0.1) is 10.7 Å². The van der Waals surface area contributed by atoms with Gasteiger partial charge in [-0.05, 0) is 42.5 Å². The maximum atomic E-state index is 14.8. The number of ether oxygens (including phenoxy) is 1. The van der Waals surface area contributed by atoms with Crippen molar-refractivity contribution in [3.8, 4) is 17.4 Å². The molecule has 10 heteroatoms. The number of aromatic nitrogens is 3. The summed E-state index contributed by atoms with van der Waals surface area (Å²) in [5, 5.41) is 0.345. The lowest BCUT2D eigenvalue weighted by Gasteiger charge is -2.13. The molecule has 2 heterocycles. The van der Waals surface area contributed by atoms with Gasteiger partial charge in [-0.25, -0.2) is 22.5 Å². The Morgan fingerprint density at radius 1 is 0.857 bits per heavy atom. The van der Waals surface area contributed by atoms with Crippen LogP contribution in [0.5, 0.6) is 11.8 Å². The number of para-hydroxylation sites is 2. The molecule has 0 bridgehead atoms. The van der Waals surface area contributed by atoms with Crippen LogP contribution in [0.2, 0.25) is 5.02 Å². The van der Waals surface area contributed by atoms with Crippen molar-refractivity contribution in [3.63, 3.8) is 0 Å². The molecule has 3 aromatic carbocycles. The number of hydrogen-bond donors (Lipinski definition) is 0. The zero-order chi connectivity index (χ0) is 24.7. The van der Waals surface area contributed by atoms with Gasteiger partial charge in [0.15, 0.2) is 17.3 Å². The average Bonchev–Trinajstić information content (AvgIpc) is 3.20. The molecule has 0 spiro atoms.